The van der Waals surface area contributed by atoms with E-state index in [0.29, 0.717) is 0 Å². The van der Waals surface area contributed by atoms with Crippen molar-refractivity contribution in [2.24, 2.45) is 5.92 Å². The minimum atomic E-state index is -1.60. The molecule has 7 nitrogen and oxygen atoms in total. The molecule has 0 aliphatic rings. The fraction of sp³-hybridized carbons (Fsp3) is 0.632. The summed E-state index contributed by atoms with van der Waals surface area (Å²) in [4.78, 5) is 37.0. The third-order valence-electron chi connectivity index (χ3n) is 3.39. The lowest BCUT2D eigenvalue weighted by Gasteiger charge is -2.33. The number of terminal acetylenes is 2. The first kappa shape index (κ1) is 23.3. The van der Waals surface area contributed by atoms with E-state index in [2.05, 4.69) is 22.5 Å². The molecule has 0 aromatic carbocycles. The van der Waals surface area contributed by atoms with E-state index in [0.717, 1.165) is 0 Å². The Balaban J connectivity index is 5.68. The van der Waals surface area contributed by atoms with Crippen LogP contribution in [0.4, 0.5) is 4.79 Å². The molecule has 26 heavy (non-hydrogen) atoms. The van der Waals surface area contributed by atoms with Gasteiger partial charge in [0.2, 0.25) is 5.91 Å². The van der Waals surface area contributed by atoms with Crippen LogP contribution in [0.2, 0.25) is 0 Å². The number of alkyl carbamates (subject to hydrolysis) is 1. The molecule has 0 bridgehead atoms. The second kappa shape index (κ2) is 9.72. The van der Waals surface area contributed by atoms with Crippen molar-refractivity contribution >= 4 is 18.0 Å². The van der Waals surface area contributed by atoms with Crippen LogP contribution in [0.15, 0.2) is 0 Å². The molecule has 7 heteroatoms. The summed E-state index contributed by atoms with van der Waals surface area (Å²) in [6.07, 6.45) is 9.58. The van der Waals surface area contributed by atoms with E-state index in [1.165, 1.54) is 7.11 Å². The number of esters is 1. The Morgan fingerprint density at radius 2 is 1.58 bits per heavy atom. The number of hydrogen-bond acceptors (Lipinski definition) is 5. The maximum atomic E-state index is 12.9. The summed E-state index contributed by atoms with van der Waals surface area (Å²) >= 11 is 0. The van der Waals surface area contributed by atoms with Crippen LogP contribution in [-0.4, -0.2) is 42.3 Å². The summed E-state index contributed by atoms with van der Waals surface area (Å²) in [5.41, 5.74) is -2.38. The first-order valence-corrected chi connectivity index (χ1v) is 8.19. The minimum absolute atomic E-state index is 0.172. The van der Waals surface area contributed by atoms with E-state index in [4.69, 9.17) is 22.3 Å². The second-order valence-corrected chi connectivity index (χ2v) is 7.19. The Morgan fingerprint density at radius 3 is 1.92 bits per heavy atom. The van der Waals surface area contributed by atoms with Crippen molar-refractivity contribution in [1.82, 2.24) is 10.6 Å². The summed E-state index contributed by atoms with van der Waals surface area (Å²) in [5.74, 6) is 3.16. The monoisotopic (exact) mass is 364 g/mol. The third kappa shape index (κ3) is 7.06. The van der Waals surface area contributed by atoms with Crippen molar-refractivity contribution in [2.45, 2.75) is 64.6 Å². The molecular weight excluding hydrogens is 336 g/mol. The van der Waals surface area contributed by atoms with Gasteiger partial charge in [0.1, 0.15) is 17.2 Å². The largest absolute Gasteiger partial charge is 0.467 e. The third-order valence-corrected chi connectivity index (χ3v) is 3.39. The lowest BCUT2D eigenvalue weighted by atomic mass is 9.89. The topological polar surface area (TPSA) is 93.7 Å². The van der Waals surface area contributed by atoms with Gasteiger partial charge in [-0.1, -0.05) is 13.8 Å². The van der Waals surface area contributed by atoms with Gasteiger partial charge in [0.15, 0.2) is 0 Å². The predicted octanol–water partition coefficient (Wildman–Crippen LogP) is 1.61. The average molecular weight is 364 g/mol. The highest BCUT2D eigenvalue weighted by molar-refractivity contribution is 5.93. The zero-order chi connectivity index (χ0) is 20.5. The molecular formula is C19H28N2O5. The fourth-order valence-electron chi connectivity index (χ4n) is 2.12. The maximum absolute atomic E-state index is 12.9. The summed E-state index contributed by atoms with van der Waals surface area (Å²) in [6.45, 7) is 8.54. The van der Waals surface area contributed by atoms with Gasteiger partial charge in [-0.25, -0.2) is 9.59 Å². The van der Waals surface area contributed by atoms with Crippen molar-refractivity contribution in [3.8, 4) is 24.7 Å². The van der Waals surface area contributed by atoms with Gasteiger partial charge in [-0.05, 0) is 26.7 Å². The normalized spacial score (nSPS) is 12.3. The van der Waals surface area contributed by atoms with Gasteiger partial charge in [0, 0.05) is 12.8 Å². The summed E-state index contributed by atoms with van der Waals surface area (Å²) in [5, 5.41) is 5.05. The second-order valence-electron chi connectivity index (χ2n) is 7.19. The van der Waals surface area contributed by atoms with Gasteiger partial charge in [-0.3, -0.25) is 4.79 Å². The van der Waals surface area contributed by atoms with Crippen molar-refractivity contribution in [3.63, 3.8) is 0 Å². The Hall–Kier alpha value is -2.67. The minimum Gasteiger partial charge on any atom is -0.467 e. The molecule has 0 rings (SSSR count). The molecule has 144 valence electrons. The fourth-order valence-corrected chi connectivity index (χ4v) is 2.12. The van der Waals surface area contributed by atoms with E-state index >= 15 is 0 Å². The van der Waals surface area contributed by atoms with Crippen LogP contribution in [0.5, 0.6) is 0 Å². The Bertz CT molecular complexity index is 589. The van der Waals surface area contributed by atoms with Gasteiger partial charge < -0.3 is 20.1 Å². The van der Waals surface area contributed by atoms with E-state index in [1.807, 2.05) is 0 Å². The van der Waals surface area contributed by atoms with Crippen LogP contribution < -0.4 is 10.6 Å². The highest BCUT2D eigenvalue weighted by Crippen LogP contribution is 2.19. The van der Waals surface area contributed by atoms with Gasteiger partial charge in [-0.15, -0.1) is 24.7 Å². The molecule has 0 radical (unpaired) electrons. The highest BCUT2D eigenvalue weighted by Gasteiger charge is 2.42. The first-order chi connectivity index (χ1) is 11.9. The van der Waals surface area contributed by atoms with Crippen LogP contribution >= 0.6 is 0 Å². The number of carbonyl (C=O) groups excluding carboxylic acids is 3. The predicted molar refractivity (Wildman–Crippen MR) is 97.8 cm³/mol. The van der Waals surface area contributed by atoms with E-state index in [1.54, 1.807) is 34.6 Å². The van der Waals surface area contributed by atoms with Crippen LogP contribution in [-0.2, 0) is 19.1 Å². The van der Waals surface area contributed by atoms with Gasteiger partial charge >= 0.3 is 12.1 Å². The first-order valence-electron chi connectivity index (χ1n) is 8.19. The van der Waals surface area contributed by atoms with Crippen LogP contribution in [0.1, 0.15) is 47.5 Å². The molecule has 2 amide bonds. The number of nitrogens with one attached hydrogen (secondary N) is 2. The molecule has 0 saturated heterocycles. The lowest BCUT2D eigenvalue weighted by molar-refractivity contribution is -0.147. The van der Waals surface area contributed by atoms with Crippen LogP contribution in [0.3, 0.4) is 0 Å². The van der Waals surface area contributed by atoms with Gasteiger partial charge in [-0.2, -0.15) is 0 Å². The van der Waals surface area contributed by atoms with Crippen LogP contribution in [0, 0.1) is 30.6 Å². The smallest absolute Gasteiger partial charge is 0.408 e. The number of ether oxygens (including phenoxy) is 2. The Labute approximate surface area is 155 Å². The zero-order valence-corrected chi connectivity index (χ0v) is 16.3. The molecule has 1 atom stereocenters. The molecule has 0 aromatic rings. The molecule has 0 fully saturated rings. The highest BCUT2D eigenvalue weighted by atomic mass is 16.6. The molecule has 0 aromatic heterocycles. The number of amides is 2. The number of rotatable bonds is 7. The van der Waals surface area contributed by atoms with Crippen molar-refractivity contribution in [2.75, 3.05) is 7.11 Å². The van der Waals surface area contributed by atoms with E-state index in [-0.39, 0.29) is 18.8 Å². The summed E-state index contributed by atoms with van der Waals surface area (Å²) in [7, 11) is 1.22. The van der Waals surface area contributed by atoms with Gasteiger partial charge in [0.05, 0.1) is 7.11 Å². The van der Waals surface area contributed by atoms with Crippen molar-refractivity contribution in [3.05, 3.63) is 0 Å². The lowest BCUT2D eigenvalue weighted by Crippen LogP contribution is -2.62. The SMILES string of the molecule is C#CCC(CC#C)(NC(=O)OC(C)(C)C)C(=O)N[C@@H](C(=O)OC)C(C)C. The summed E-state index contributed by atoms with van der Waals surface area (Å²) in [6, 6.07) is -0.914. The maximum Gasteiger partial charge on any atom is 0.408 e. The Morgan fingerprint density at radius 1 is 1.08 bits per heavy atom. The molecule has 0 aliphatic heterocycles. The molecule has 0 heterocycles. The van der Waals surface area contributed by atoms with Crippen LogP contribution in [0.25, 0.3) is 0 Å². The van der Waals surface area contributed by atoms with Gasteiger partial charge in [0.25, 0.3) is 0 Å². The number of hydrogen-bond donors (Lipinski definition) is 2. The zero-order valence-electron chi connectivity index (χ0n) is 16.3. The average Bonchev–Trinajstić information content (AvgIpc) is 2.49. The standard InChI is InChI=1S/C19H28N2O5/c1-9-11-19(12-10-2,21-17(24)26-18(5,6)7)16(23)20-14(13(3)4)15(22)25-8/h1-2,13-14H,11-12H2,3-8H3,(H,20,23)(H,21,24)/t14-/m1/s1. The van der Waals surface area contributed by atoms with Crippen molar-refractivity contribution in [1.29, 1.82) is 0 Å². The molecule has 0 spiro atoms. The molecule has 0 aliphatic carbocycles. The molecule has 0 unspecified atom stereocenters. The number of carbonyl (C=O) groups is 3. The quantitative estimate of drug-likeness (QED) is 0.529. The molecule has 0 saturated carbocycles. The summed E-state index contributed by atoms with van der Waals surface area (Å²) < 4.78 is 9.91. The molecule has 2 N–H and O–H groups in total. The van der Waals surface area contributed by atoms with Crippen molar-refractivity contribution < 1.29 is 23.9 Å². The number of methoxy groups -OCH3 is 1. The van der Waals surface area contributed by atoms with E-state index < -0.39 is 35.2 Å². The van der Waals surface area contributed by atoms with E-state index in [9.17, 15) is 14.4 Å². The Kier molecular flexibility index (Phi) is 8.72.